The molecule has 0 aliphatic rings. The van der Waals surface area contributed by atoms with Gasteiger partial charge in [-0.2, -0.15) is 0 Å². The molecule has 1 N–H and O–H groups in total. The van der Waals surface area contributed by atoms with Gasteiger partial charge in [-0.1, -0.05) is 17.7 Å². The van der Waals surface area contributed by atoms with E-state index in [4.69, 9.17) is 0 Å². The molecule has 0 aliphatic carbocycles. The summed E-state index contributed by atoms with van der Waals surface area (Å²) in [6.07, 6.45) is 4.63. The molecule has 130 valence electrons. The lowest BCUT2D eigenvalue weighted by atomic mass is 10.2. The minimum Gasteiger partial charge on any atom is -0.350 e. The summed E-state index contributed by atoms with van der Waals surface area (Å²) in [6.45, 7) is 5.38. The number of amides is 1. The van der Waals surface area contributed by atoms with Crippen molar-refractivity contribution in [2.24, 2.45) is 0 Å². The predicted octanol–water partition coefficient (Wildman–Crippen LogP) is 4.80. The van der Waals surface area contributed by atoms with E-state index in [-0.39, 0.29) is 5.91 Å². The first-order valence-electron chi connectivity index (χ1n) is 8.14. The van der Waals surface area contributed by atoms with Gasteiger partial charge in [0, 0.05) is 36.8 Å². The second-order valence-electron chi connectivity index (χ2n) is 6.05. The summed E-state index contributed by atoms with van der Waals surface area (Å²) in [5.41, 5.74) is 3.99. The zero-order chi connectivity index (χ0) is 17.8. The minimum absolute atomic E-state index is 0.0478. The lowest BCUT2D eigenvalue weighted by molar-refractivity contribution is 0.0945. The number of halogens is 1. The Hall–Kier alpha value is -1.92. The Kier molecular flexibility index (Phi) is 5.71. The molecule has 3 aromatic rings. The maximum Gasteiger partial charge on any atom is 0.267 e. The van der Waals surface area contributed by atoms with Crippen molar-refractivity contribution in [3.8, 4) is 0 Å². The molecule has 0 unspecified atom stereocenters. The maximum absolute atomic E-state index is 12.7. The number of rotatable bonds is 6. The van der Waals surface area contributed by atoms with Gasteiger partial charge in [0.15, 0.2) is 0 Å². The number of hydrogen-bond donors (Lipinski definition) is 1. The fourth-order valence-electron chi connectivity index (χ4n) is 2.62. The van der Waals surface area contributed by atoms with E-state index >= 15 is 0 Å². The molecule has 3 heterocycles. The average Bonchev–Trinajstić information content (AvgIpc) is 3.14. The van der Waals surface area contributed by atoms with Gasteiger partial charge in [0.25, 0.3) is 5.91 Å². The van der Waals surface area contributed by atoms with Gasteiger partial charge < -0.3 is 9.88 Å². The number of nitrogens with one attached hydrogen (secondary N) is 1. The largest absolute Gasteiger partial charge is 0.350 e. The molecule has 3 aromatic heterocycles. The Balaban J connectivity index is 1.78. The van der Waals surface area contributed by atoms with E-state index in [9.17, 15) is 4.79 Å². The number of hydrogen-bond acceptors (Lipinski definition) is 3. The Morgan fingerprint density at radius 1 is 1.40 bits per heavy atom. The van der Waals surface area contributed by atoms with E-state index in [2.05, 4.69) is 56.1 Å². The maximum atomic E-state index is 12.7. The third kappa shape index (κ3) is 4.19. The quantitative estimate of drug-likeness (QED) is 0.585. The number of allylic oxidation sites excluding steroid dienone is 2. The first-order valence-corrected chi connectivity index (χ1v) is 9.81. The smallest absolute Gasteiger partial charge is 0.267 e. The van der Waals surface area contributed by atoms with E-state index < -0.39 is 0 Å². The van der Waals surface area contributed by atoms with Crippen LogP contribution in [-0.2, 0) is 13.0 Å². The van der Waals surface area contributed by atoms with Gasteiger partial charge in [0.1, 0.15) is 5.69 Å². The standard InChI is InChI=1S/C19H20BrN3OS/c1-13(2)7-10-23-16(11-17-18(23)15(20)12-25-17)19(24)22-9-6-14-5-3-4-8-21-14/h3-5,7-8,11-12H,6,9-10H2,1-2H3,(H,22,24). The Morgan fingerprint density at radius 2 is 2.24 bits per heavy atom. The molecule has 3 rings (SSSR count). The Labute approximate surface area is 159 Å². The molecule has 0 spiro atoms. The lowest BCUT2D eigenvalue weighted by Gasteiger charge is -2.10. The van der Waals surface area contributed by atoms with Gasteiger partial charge in [-0.15, -0.1) is 11.3 Å². The second-order valence-corrected chi connectivity index (χ2v) is 7.81. The van der Waals surface area contributed by atoms with Crippen LogP contribution in [0.2, 0.25) is 0 Å². The van der Waals surface area contributed by atoms with E-state index in [1.54, 1.807) is 17.5 Å². The molecule has 1 amide bonds. The molecule has 0 fully saturated rings. The first-order chi connectivity index (χ1) is 12.1. The molecule has 25 heavy (non-hydrogen) atoms. The van der Waals surface area contributed by atoms with Crippen LogP contribution >= 0.6 is 27.3 Å². The van der Waals surface area contributed by atoms with Crippen LogP contribution in [0.4, 0.5) is 0 Å². The van der Waals surface area contributed by atoms with E-state index in [1.807, 2.05) is 24.3 Å². The molecule has 0 bridgehead atoms. The van der Waals surface area contributed by atoms with Crippen molar-refractivity contribution < 1.29 is 4.79 Å². The van der Waals surface area contributed by atoms with Crippen molar-refractivity contribution in [1.29, 1.82) is 0 Å². The second kappa shape index (κ2) is 7.97. The van der Waals surface area contributed by atoms with Gasteiger partial charge in [0.05, 0.1) is 14.7 Å². The number of thiophene rings is 1. The molecule has 6 heteroatoms. The number of carbonyl (C=O) groups is 1. The zero-order valence-corrected chi connectivity index (χ0v) is 16.7. The van der Waals surface area contributed by atoms with Gasteiger partial charge >= 0.3 is 0 Å². The molecule has 0 atom stereocenters. The van der Waals surface area contributed by atoms with Gasteiger partial charge in [-0.25, -0.2) is 0 Å². The molecule has 4 nitrogen and oxygen atoms in total. The number of pyridine rings is 1. The van der Waals surface area contributed by atoms with Gasteiger partial charge in [-0.05, 0) is 48.0 Å². The SMILES string of the molecule is CC(C)=CCn1c(C(=O)NCCc2ccccn2)cc2scc(Br)c21. The zero-order valence-electron chi connectivity index (χ0n) is 14.3. The molecule has 0 saturated heterocycles. The molecule has 0 aliphatic heterocycles. The number of nitrogens with zero attached hydrogens (tertiary/aromatic N) is 2. The summed E-state index contributed by atoms with van der Waals surface area (Å²) in [7, 11) is 0. The van der Waals surface area contributed by atoms with Crippen molar-refractivity contribution in [1.82, 2.24) is 14.9 Å². The third-order valence-corrected chi connectivity index (χ3v) is 5.71. The van der Waals surface area contributed by atoms with Crippen LogP contribution in [0.25, 0.3) is 10.2 Å². The van der Waals surface area contributed by atoms with Crippen LogP contribution < -0.4 is 5.32 Å². The van der Waals surface area contributed by atoms with E-state index in [0.717, 1.165) is 26.8 Å². The molecular weight excluding hydrogens is 398 g/mol. The minimum atomic E-state index is -0.0478. The first kappa shape index (κ1) is 17.9. The van der Waals surface area contributed by atoms with E-state index in [0.29, 0.717) is 18.8 Å². The highest BCUT2D eigenvalue weighted by molar-refractivity contribution is 9.10. The lowest BCUT2D eigenvalue weighted by Crippen LogP contribution is -2.28. The predicted molar refractivity (Wildman–Crippen MR) is 107 cm³/mol. The van der Waals surface area contributed by atoms with Crippen LogP contribution in [0.15, 0.2) is 52.0 Å². The van der Waals surface area contributed by atoms with Gasteiger partial charge in [0.2, 0.25) is 0 Å². The van der Waals surface area contributed by atoms with Crippen LogP contribution in [0, 0.1) is 0 Å². The highest BCUT2D eigenvalue weighted by Gasteiger charge is 2.17. The molecular formula is C19H20BrN3OS. The molecule has 0 saturated carbocycles. The topological polar surface area (TPSA) is 46.9 Å². The summed E-state index contributed by atoms with van der Waals surface area (Å²) in [5.74, 6) is -0.0478. The highest BCUT2D eigenvalue weighted by Crippen LogP contribution is 2.33. The average molecular weight is 418 g/mol. The van der Waals surface area contributed by atoms with Crippen molar-refractivity contribution in [2.45, 2.75) is 26.8 Å². The van der Waals surface area contributed by atoms with Crippen LogP contribution in [-0.4, -0.2) is 22.0 Å². The van der Waals surface area contributed by atoms with Crippen molar-refractivity contribution in [2.75, 3.05) is 6.54 Å². The van der Waals surface area contributed by atoms with Crippen LogP contribution in [0.3, 0.4) is 0 Å². The summed E-state index contributed by atoms with van der Waals surface area (Å²) >= 11 is 5.24. The van der Waals surface area contributed by atoms with Gasteiger partial charge in [-0.3, -0.25) is 9.78 Å². The van der Waals surface area contributed by atoms with Crippen molar-refractivity contribution in [3.63, 3.8) is 0 Å². The summed E-state index contributed by atoms with van der Waals surface area (Å²) < 4.78 is 4.21. The fraction of sp³-hybridized carbons (Fsp3) is 0.263. The van der Waals surface area contributed by atoms with Crippen molar-refractivity contribution in [3.05, 3.63) is 63.4 Å². The summed E-state index contributed by atoms with van der Waals surface area (Å²) in [5, 5.41) is 5.08. The summed E-state index contributed by atoms with van der Waals surface area (Å²) in [6, 6.07) is 7.79. The van der Waals surface area contributed by atoms with E-state index in [1.165, 1.54) is 5.57 Å². The number of fused-ring (bicyclic) bond motifs is 1. The number of aromatic nitrogens is 2. The Bertz CT molecular complexity index is 908. The van der Waals surface area contributed by atoms with Crippen LogP contribution in [0.5, 0.6) is 0 Å². The number of carbonyl (C=O) groups excluding carboxylic acids is 1. The Morgan fingerprint density at radius 3 is 2.96 bits per heavy atom. The summed E-state index contributed by atoms with van der Waals surface area (Å²) in [4.78, 5) is 17.0. The molecule has 0 radical (unpaired) electrons. The third-order valence-electron chi connectivity index (χ3n) is 3.89. The fourth-order valence-corrected chi connectivity index (χ4v) is 4.32. The van der Waals surface area contributed by atoms with Crippen molar-refractivity contribution >= 4 is 43.4 Å². The monoisotopic (exact) mass is 417 g/mol. The highest BCUT2D eigenvalue weighted by atomic mass is 79.9. The molecule has 0 aromatic carbocycles. The normalized spacial score (nSPS) is 10.8. The van der Waals surface area contributed by atoms with Crippen LogP contribution in [0.1, 0.15) is 30.0 Å².